The Hall–Kier alpha value is -5.33. The van der Waals surface area contributed by atoms with E-state index in [2.05, 4.69) is 30.4 Å². The van der Waals surface area contributed by atoms with Gasteiger partial charge in [0.05, 0.1) is 12.8 Å². The molecular formula is C26H20F3N7O3. The summed E-state index contributed by atoms with van der Waals surface area (Å²) in [6.45, 7) is 0. The fraction of sp³-hybridized carbons (Fsp3) is 0.0769. The molecule has 0 saturated carbocycles. The summed E-state index contributed by atoms with van der Waals surface area (Å²) in [5, 5.41) is 9.84. The second-order valence-electron chi connectivity index (χ2n) is 8.03. The van der Waals surface area contributed by atoms with E-state index in [-0.39, 0.29) is 5.75 Å². The van der Waals surface area contributed by atoms with Crippen molar-refractivity contribution in [2.45, 2.75) is 6.36 Å². The van der Waals surface area contributed by atoms with E-state index < -0.39 is 12.4 Å². The molecule has 0 unspecified atom stereocenters. The van der Waals surface area contributed by atoms with Crippen LogP contribution in [0.5, 0.6) is 11.5 Å². The van der Waals surface area contributed by atoms with Crippen molar-refractivity contribution in [3.8, 4) is 34.3 Å². The minimum absolute atomic E-state index is 0.330. The summed E-state index contributed by atoms with van der Waals surface area (Å²) in [5.41, 5.74) is 2.50. The highest BCUT2D eigenvalue weighted by Crippen LogP contribution is 2.24. The van der Waals surface area contributed by atoms with Crippen LogP contribution in [0.4, 0.5) is 29.6 Å². The molecule has 198 valence electrons. The fourth-order valence-electron chi connectivity index (χ4n) is 3.63. The Balaban J connectivity index is 1.21. The minimum atomic E-state index is -4.76. The number of carbonyl (C=O) groups is 1. The van der Waals surface area contributed by atoms with Gasteiger partial charge >= 0.3 is 12.4 Å². The molecular weight excluding hydrogens is 515 g/mol. The fourth-order valence-corrected chi connectivity index (χ4v) is 3.63. The van der Waals surface area contributed by atoms with Gasteiger partial charge in [-0.3, -0.25) is 9.88 Å². The number of rotatable bonds is 7. The van der Waals surface area contributed by atoms with Crippen LogP contribution in [0.25, 0.3) is 22.8 Å². The molecule has 0 spiro atoms. The summed E-state index contributed by atoms with van der Waals surface area (Å²) in [6.07, 6.45) is -0.0168. The van der Waals surface area contributed by atoms with E-state index in [0.29, 0.717) is 34.5 Å². The molecule has 0 fully saturated rings. The van der Waals surface area contributed by atoms with Crippen molar-refractivity contribution in [2.24, 2.45) is 0 Å². The van der Waals surface area contributed by atoms with E-state index in [1.807, 2.05) is 24.3 Å². The molecule has 0 aliphatic rings. The quantitative estimate of drug-likeness (QED) is 0.278. The highest BCUT2D eigenvalue weighted by Gasteiger charge is 2.31. The summed E-state index contributed by atoms with van der Waals surface area (Å²) < 4.78 is 49.3. The largest absolute Gasteiger partial charge is 0.573 e. The van der Waals surface area contributed by atoms with Gasteiger partial charge in [-0.05, 0) is 72.8 Å². The number of alkyl halides is 3. The first-order valence-electron chi connectivity index (χ1n) is 11.4. The Kier molecular flexibility index (Phi) is 6.87. The van der Waals surface area contributed by atoms with Gasteiger partial charge in [-0.15, -0.1) is 18.3 Å². The number of amides is 2. The predicted octanol–water partition coefficient (Wildman–Crippen LogP) is 5.67. The molecule has 2 N–H and O–H groups in total. The molecule has 0 atom stereocenters. The van der Waals surface area contributed by atoms with Crippen LogP contribution < -0.4 is 20.1 Å². The topological polar surface area (TPSA) is 108 Å². The van der Waals surface area contributed by atoms with Crippen molar-refractivity contribution in [2.75, 3.05) is 17.7 Å². The number of nitrogens with zero attached hydrogens (tertiary/aromatic N) is 5. The normalized spacial score (nSPS) is 11.2. The molecule has 0 bridgehead atoms. The summed E-state index contributed by atoms with van der Waals surface area (Å²) in [7, 11) is 1.59. The number of methoxy groups -OCH3 is 1. The maximum absolute atomic E-state index is 12.6. The van der Waals surface area contributed by atoms with Crippen LogP contribution in [-0.2, 0) is 0 Å². The number of imidazole rings is 1. The number of aromatic nitrogens is 5. The van der Waals surface area contributed by atoms with Crippen molar-refractivity contribution >= 4 is 17.7 Å². The highest BCUT2D eigenvalue weighted by atomic mass is 19.4. The standard InChI is InChI=1S/C26H20F3N7O3/c1-38-21-10-6-19(7-11-21)35-15-14-30-24(35)33-25(37)32-18-4-2-17(3-5-18)23-31-16-36(34-23)20-8-12-22(13-9-20)39-26(27,28)29/h2-16H,1H3,(H2,30,32,33,37). The first kappa shape index (κ1) is 25.3. The number of benzene rings is 3. The molecule has 3 aromatic carbocycles. The number of hydrogen-bond donors (Lipinski definition) is 2. The lowest BCUT2D eigenvalue weighted by Gasteiger charge is -2.11. The van der Waals surface area contributed by atoms with Gasteiger partial charge in [-0.25, -0.2) is 19.4 Å². The van der Waals surface area contributed by atoms with Gasteiger partial charge in [0.15, 0.2) is 5.82 Å². The number of carbonyl (C=O) groups excluding carboxylic acids is 1. The van der Waals surface area contributed by atoms with Crippen molar-refractivity contribution in [1.29, 1.82) is 0 Å². The number of ether oxygens (including phenoxy) is 2. The Bertz CT molecular complexity index is 1560. The van der Waals surface area contributed by atoms with E-state index in [0.717, 1.165) is 5.69 Å². The molecule has 5 rings (SSSR count). The first-order chi connectivity index (χ1) is 18.8. The third-order valence-electron chi connectivity index (χ3n) is 5.44. The zero-order chi connectivity index (χ0) is 27.4. The van der Waals surface area contributed by atoms with Crippen LogP contribution in [0.3, 0.4) is 0 Å². The number of halogens is 3. The molecule has 0 radical (unpaired) electrons. The van der Waals surface area contributed by atoms with Crippen LogP contribution >= 0.6 is 0 Å². The molecule has 2 aromatic heterocycles. The second-order valence-corrected chi connectivity index (χ2v) is 8.03. The molecule has 0 aliphatic carbocycles. The molecule has 2 heterocycles. The Morgan fingerprint density at radius 3 is 2.18 bits per heavy atom. The number of hydrogen-bond acceptors (Lipinski definition) is 6. The van der Waals surface area contributed by atoms with Gasteiger partial charge in [0, 0.05) is 29.3 Å². The zero-order valence-electron chi connectivity index (χ0n) is 20.3. The van der Waals surface area contributed by atoms with Gasteiger partial charge in [-0.2, -0.15) is 0 Å². The average molecular weight is 535 g/mol. The lowest BCUT2D eigenvalue weighted by molar-refractivity contribution is -0.274. The molecule has 0 aliphatic heterocycles. The lowest BCUT2D eigenvalue weighted by atomic mass is 10.2. The average Bonchev–Trinajstić information content (AvgIpc) is 3.59. The minimum Gasteiger partial charge on any atom is -0.497 e. The monoisotopic (exact) mass is 535 g/mol. The number of urea groups is 1. The third-order valence-corrected chi connectivity index (χ3v) is 5.44. The molecule has 5 aromatic rings. The van der Waals surface area contributed by atoms with Gasteiger partial charge in [-0.1, -0.05) is 0 Å². The van der Waals surface area contributed by atoms with E-state index in [4.69, 9.17) is 4.74 Å². The first-order valence-corrected chi connectivity index (χ1v) is 11.4. The Labute approximate surface area is 219 Å². The van der Waals surface area contributed by atoms with E-state index in [1.165, 1.54) is 35.3 Å². The molecule has 10 nitrogen and oxygen atoms in total. The van der Waals surface area contributed by atoms with E-state index >= 15 is 0 Å². The molecule has 0 saturated heterocycles. The SMILES string of the molecule is COc1ccc(-n2ccnc2NC(=O)Nc2ccc(-c3ncn(-c4ccc(OC(F)(F)F)cc4)n3)cc2)cc1. The molecule has 2 amide bonds. The Morgan fingerprint density at radius 2 is 1.51 bits per heavy atom. The van der Waals surface area contributed by atoms with E-state index in [1.54, 1.807) is 48.3 Å². The maximum atomic E-state index is 12.6. The maximum Gasteiger partial charge on any atom is 0.573 e. The van der Waals surface area contributed by atoms with Gasteiger partial charge < -0.3 is 14.8 Å². The molecule has 13 heteroatoms. The van der Waals surface area contributed by atoms with Crippen molar-refractivity contribution < 1.29 is 27.4 Å². The number of anilines is 2. The third kappa shape index (κ3) is 6.15. The zero-order valence-corrected chi connectivity index (χ0v) is 20.3. The smallest absolute Gasteiger partial charge is 0.497 e. The second kappa shape index (κ2) is 10.6. The molecule has 39 heavy (non-hydrogen) atoms. The summed E-state index contributed by atoms with van der Waals surface area (Å²) in [6, 6.07) is 18.9. The summed E-state index contributed by atoms with van der Waals surface area (Å²) in [5.74, 6) is 1.11. The van der Waals surface area contributed by atoms with Crippen LogP contribution in [0.1, 0.15) is 0 Å². The van der Waals surface area contributed by atoms with E-state index in [9.17, 15) is 18.0 Å². The predicted molar refractivity (Wildman–Crippen MR) is 136 cm³/mol. The van der Waals surface area contributed by atoms with Crippen molar-refractivity contribution in [1.82, 2.24) is 24.3 Å². The van der Waals surface area contributed by atoms with Crippen LogP contribution in [0.2, 0.25) is 0 Å². The summed E-state index contributed by atoms with van der Waals surface area (Å²) >= 11 is 0. The Morgan fingerprint density at radius 1 is 0.846 bits per heavy atom. The summed E-state index contributed by atoms with van der Waals surface area (Å²) in [4.78, 5) is 21.0. The lowest BCUT2D eigenvalue weighted by Crippen LogP contribution is -2.21. The van der Waals surface area contributed by atoms with Gasteiger partial charge in [0.25, 0.3) is 0 Å². The van der Waals surface area contributed by atoms with Crippen LogP contribution in [0.15, 0.2) is 91.5 Å². The number of nitrogens with one attached hydrogen (secondary N) is 2. The van der Waals surface area contributed by atoms with Gasteiger partial charge in [0.2, 0.25) is 5.95 Å². The van der Waals surface area contributed by atoms with Crippen molar-refractivity contribution in [3.05, 3.63) is 91.5 Å². The van der Waals surface area contributed by atoms with Crippen LogP contribution in [0, 0.1) is 0 Å². The van der Waals surface area contributed by atoms with Gasteiger partial charge in [0.1, 0.15) is 17.8 Å². The highest BCUT2D eigenvalue weighted by molar-refractivity contribution is 5.99. The van der Waals surface area contributed by atoms with Crippen molar-refractivity contribution in [3.63, 3.8) is 0 Å². The van der Waals surface area contributed by atoms with Crippen LogP contribution in [-0.4, -0.2) is 43.8 Å².